The van der Waals surface area contributed by atoms with Gasteiger partial charge in [0.05, 0.1) is 25.1 Å². The van der Waals surface area contributed by atoms with Crippen LogP contribution in [0.25, 0.3) is 16.9 Å². The first kappa shape index (κ1) is 23.5. The Morgan fingerprint density at radius 2 is 1.85 bits per heavy atom. The molecule has 0 saturated carbocycles. The molecule has 0 bridgehead atoms. The molecule has 1 aliphatic heterocycles. The number of benzene rings is 2. The van der Waals surface area contributed by atoms with E-state index in [-0.39, 0.29) is 18.2 Å². The van der Waals surface area contributed by atoms with Gasteiger partial charge in [-0.1, -0.05) is 19.1 Å². The van der Waals surface area contributed by atoms with Crippen molar-refractivity contribution in [1.29, 1.82) is 0 Å². The molecule has 4 rings (SSSR count). The second-order valence-electron chi connectivity index (χ2n) is 8.38. The van der Waals surface area contributed by atoms with Gasteiger partial charge >= 0.3 is 5.97 Å². The number of rotatable bonds is 7. The summed E-state index contributed by atoms with van der Waals surface area (Å²) in [5.74, 6) is 0.294. The maximum atomic E-state index is 13.2. The molecular formula is C27H31N3O4. The molecule has 1 unspecified atom stereocenters. The van der Waals surface area contributed by atoms with E-state index >= 15 is 0 Å². The first-order chi connectivity index (χ1) is 16.5. The number of aromatic nitrogens is 2. The van der Waals surface area contributed by atoms with E-state index in [0.717, 1.165) is 42.8 Å². The van der Waals surface area contributed by atoms with Crippen molar-refractivity contribution < 1.29 is 19.1 Å². The standard InChI is InChI=1S/C27H31N3O4/c1-4-21-10-6-7-16-29(21)26(31)19-12-14-22(15-13-19)30-25(18-24(28-30)27(32)34-5-2)20-9-8-11-23(17-20)33-3/h8-9,11-15,17-18,21H,4-7,10,16H2,1-3H3. The van der Waals surface area contributed by atoms with Crippen LogP contribution in [0.5, 0.6) is 5.75 Å². The van der Waals surface area contributed by atoms with E-state index < -0.39 is 5.97 Å². The molecule has 0 spiro atoms. The van der Waals surface area contributed by atoms with E-state index in [4.69, 9.17) is 9.47 Å². The summed E-state index contributed by atoms with van der Waals surface area (Å²) in [6, 6.07) is 17.0. The lowest BCUT2D eigenvalue weighted by Gasteiger charge is -2.35. The predicted molar refractivity (Wildman–Crippen MR) is 130 cm³/mol. The molecule has 7 heteroatoms. The number of hydrogen-bond donors (Lipinski definition) is 0. The second-order valence-corrected chi connectivity index (χ2v) is 8.38. The topological polar surface area (TPSA) is 73.7 Å². The highest BCUT2D eigenvalue weighted by Crippen LogP contribution is 2.28. The van der Waals surface area contributed by atoms with Gasteiger partial charge in [0, 0.05) is 23.7 Å². The average Bonchev–Trinajstić information content (AvgIpc) is 3.34. The molecule has 0 N–H and O–H groups in total. The molecule has 0 radical (unpaired) electrons. The molecule has 7 nitrogen and oxygen atoms in total. The lowest BCUT2D eigenvalue weighted by atomic mass is 9.99. The maximum Gasteiger partial charge on any atom is 0.358 e. The Kier molecular flexibility index (Phi) is 7.30. The summed E-state index contributed by atoms with van der Waals surface area (Å²) >= 11 is 0. The first-order valence-electron chi connectivity index (χ1n) is 11.9. The minimum Gasteiger partial charge on any atom is -0.497 e. The number of methoxy groups -OCH3 is 1. The van der Waals surface area contributed by atoms with Crippen LogP contribution in [0.1, 0.15) is 60.4 Å². The molecule has 1 aliphatic rings. The van der Waals surface area contributed by atoms with Gasteiger partial charge in [-0.15, -0.1) is 0 Å². The summed E-state index contributed by atoms with van der Waals surface area (Å²) in [6.07, 6.45) is 4.26. The van der Waals surface area contributed by atoms with Crippen LogP contribution < -0.4 is 4.74 Å². The zero-order valence-electron chi connectivity index (χ0n) is 20.0. The van der Waals surface area contributed by atoms with E-state index in [9.17, 15) is 9.59 Å². The second kappa shape index (κ2) is 10.5. The van der Waals surface area contributed by atoms with E-state index in [1.54, 1.807) is 24.8 Å². The van der Waals surface area contributed by atoms with Crippen LogP contribution in [0, 0.1) is 0 Å². The predicted octanol–water partition coefficient (Wildman–Crippen LogP) is 5.13. The Bertz CT molecular complexity index is 1150. The Morgan fingerprint density at radius 3 is 2.56 bits per heavy atom. The highest BCUT2D eigenvalue weighted by molar-refractivity contribution is 5.94. The van der Waals surface area contributed by atoms with Gasteiger partial charge in [0.1, 0.15) is 5.75 Å². The lowest BCUT2D eigenvalue weighted by Crippen LogP contribution is -2.43. The maximum absolute atomic E-state index is 13.2. The molecule has 2 aromatic carbocycles. The lowest BCUT2D eigenvalue weighted by molar-refractivity contribution is 0.0518. The minimum atomic E-state index is -0.479. The molecule has 2 heterocycles. The third kappa shape index (κ3) is 4.83. The van der Waals surface area contributed by atoms with Crippen molar-refractivity contribution in [2.45, 2.75) is 45.6 Å². The number of carbonyl (C=O) groups is 2. The molecular weight excluding hydrogens is 430 g/mol. The van der Waals surface area contributed by atoms with E-state index in [1.165, 1.54) is 6.42 Å². The van der Waals surface area contributed by atoms with Gasteiger partial charge in [-0.25, -0.2) is 9.48 Å². The van der Waals surface area contributed by atoms with Crippen LogP contribution >= 0.6 is 0 Å². The molecule has 34 heavy (non-hydrogen) atoms. The normalized spacial score (nSPS) is 15.7. The number of esters is 1. The minimum absolute atomic E-state index is 0.0683. The SMILES string of the molecule is CCOC(=O)c1cc(-c2cccc(OC)c2)n(-c2ccc(C(=O)N3CCCCC3CC)cc2)n1. The van der Waals surface area contributed by atoms with E-state index in [1.807, 2.05) is 53.4 Å². The van der Waals surface area contributed by atoms with Crippen molar-refractivity contribution in [2.24, 2.45) is 0 Å². The van der Waals surface area contributed by atoms with E-state index in [0.29, 0.717) is 17.4 Å². The van der Waals surface area contributed by atoms with Crippen LogP contribution in [-0.2, 0) is 4.74 Å². The summed E-state index contributed by atoms with van der Waals surface area (Å²) in [6.45, 7) is 4.98. The Labute approximate surface area is 200 Å². The van der Waals surface area contributed by atoms with Crippen molar-refractivity contribution >= 4 is 11.9 Å². The fraction of sp³-hybridized carbons (Fsp3) is 0.370. The quantitative estimate of drug-likeness (QED) is 0.456. The van der Waals surface area contributed by atoms with Crippen molar-refractivity contribution in [3.05, 3.63) is 65.9 Å². The number of amides is 1. The highest BCUT2D eigenvalue weighted by Gasteiger charge is 2.26. The van der Waals surface area contributed by atoms with E-state index in [2.05, 4.69) is 12.0 Å². The smallest absolute Gasteiger partial charge is 0.358 e. The van der Waals surface area contributed by atoms with Crippen molar-refractivity contribution in [3.8, 4) is 22.7 Å². The monoisotopic (exact) mass is 461 g/mol. The largest absolute Gasteiger partial charge is 0.497 e. The number of likely N-dealkylation sites (tertiary alicyclic amines) is 1. The van der Waals surface area contributed by atoms with Crippen molar-refractivity contribution in [1.82, 2.24) is 14.7 Å². The summed E-state index contributed by atoms with van der Waals surface area (Å²) in [5.41, 5.74) is 3.20. The fourth-order valence-corrected chi connectivity index (χ4v) is 4.47. The Balaban J connectivity index is 1.69. The number of carbonyl (C=O) groups excluding carboxylic acids is 2. The van der Waals surface area contributed by atoms with Crippen LogP contribution in [0.15, 0.2) is 54.6 Å². The van der Waals surface area contributed by atoms with Crippen LogP contribution in [0.3, 0.4) is 0 Å². The summed E-state index contributed by atoms with van der Waals surface area (Å²) in [7, 11) is 1.61. The first-order valence-corrected chi connectivity index (χ1v) is 11.9. The Morgan fingerprint density at radius 1 is 1.06 bits per heavy atom. The van der Waals surface area contributed by atoms with Gasteiger partial charge in [0.2, 0.25) is 0 Å². The van der Waals surface area contributed by atoms with Gasteiger partial charge < -0.3 is 14.4 Å². The summed E-state index contributed by atoms with van der Waals surface area (Å²) in [5, 5.41) is 4.53. The molecule has 3 aromatic rings. The van der Waals surface area contributed by atoms with Crippen molar-refractivity contribution in [3.63, 3.8) is 0 Å². The number of nitrogens with zero attached hydrogens (tertiary/aromatic N) is 3. The third-order valence-corrected chi connectivity index (χ3v) is 6.28. The van der Waals surface area contributed by atoms with Gasteiger partial charge in [-0.3, -0.25) is 4.79 Å². The highest BCUT2D eigenvalue weighted by atomic mass is 16.5. The zero-order chi connectivity index (χ0) is 24.1. The fourth-order valence-electron chi connectivity index (χ4n) is 4.47. The molecule has 178 valence electrons. The molecule has 1 fully saturated rings. The molecule has 1 aromatic heterocycles. The molecule has 1 atom stereocenters. The van der Waals surface area contributed by atoms with Crippen LogP contribution in [0.4, 0.5) is 0 Å². The van der Waals surface area contributed by atoms with Crippen LogP contribution in [-0.4, -0.2) is 52.9 Å². The van der Waals surface area contributed by atoms with Gasteiger partial charge in [-0.05, 0) is 75.1 Å². The molecule has 1 amide bonds. The zero-order valence-corrected chi connectivity index (χ0v) is 20.0. The molecule has 0 aliphatic carbocycles. The molecule has 1 saturated heterocycles. The summed E-state index contributed by atoms with van der Waals surface area (Å²) < 4.78 is 12.2. The number of ether oxygens (including phenoxy) is 2. The van der Waals surface area contributed by atoms with Crippen molar-refractivity contribution in [2.75, 3.05) is 20.3 Å². The number of piperidine rings is 1. The van der Waals surface area contributed by atoms with Gasteiger partial charge in [-0.2, -0.15) is 5.10 Å². The Hall–Kier alpha value is -3.61. The van der Waals surface area contributed by atoms with Crippen LogP contribution in [0.2, 0.25) is 0 Å². The van der Waals surface area contributed by atoms with Gasteiger partial charge in [0.25, 0.3) is 5.91 Å². The number of hydrogen-bond acceptors (Lipinski definition) is 5. The summed E-state index contributed by atoms with van der Waals surface area (Å²) in [4.78, 5) is 27.6. The third-order valence-electron chi connectivity index (χ3n) is 6.28. The average molecular weight is 462 g/mol. The van der Waals surface area contributed by atoms with Gasteiger partial charge in [0.15, 0.2) is 5.69 Å².